The predicted molar refractivity (Wildman–Crippen MR) is 114 cm³/mol. The first-order chi connectivity index (χ1) is 11.3. The molecule has 0 aliphatic rings. The number of guanidine groups is 1. The van der Waals surface area contributed by atoms with Crippen LogP contribution >= 0.6 is 24.0 Å². The summed E-state index contributed by atoms with van der Waals surface area (Å²) >= 11 is 0. The molecule has 0 aliphatic heterocycles. The van der Waals surface area contributed by atoms with E-state index >= 15 is 0 Å². The molecular weight excluding hydrogens is 413 g/mol. The van der Waals surface area contributed by atoms with E-state index in [0.717, 1.165) is 25.5 Å². The van der Waals surface area contributed by atoms with E-state index in [1.165, 1.54) is 56.9 Å². The third kappa shape index (κ3) is 11.7. The molecule has 0 fully saturated rings. The number of rotatable bonds is 12. The van der Waals surface area contributed by atoms with Gasteiger partial charge in [-0.2, -0.15) is 5.10 Å². The van der Waals surface area contributed by atoms with Gasteiger partial charge < -0.3 is 10.6 Å². The number of aliphatic imine (C=N–C) groups is 1. The van der Waals surface area contributed by atoms with Crippen molar-refractivity contribution in [2.75, 3.05) is 20.1 Å². The lowest BCUT2D eigenvalue weighted by molar-refractivity contribution is 0.571. The smallest absolute Gasteiger partial charge is 0.190 e. The van der Waals surface area contributed by atoms with Gasteiger partial charge in [-0.3, -0.25) is 9.67 Å². The summed E-state index contributed by atoms with van der Waals surface area (Å²) < 4.78 is 1.84. The van der Waals surface area contributed by atoms with E-state index in [2.05, 4.69) is 33.8 Å². The van der Waals surface area contributed by atoms with Crippen LogP contribution in [0.15, 0.2) is 17.4 Å². The number of nitrogens with zero attached hydrogens (tertiary/aromatic N) is 3. The fourth-order valence-electron chi connectivity index (χ4n) is 2.61. The van der Waals surface area contributed by atoms with Gasteiger partial charge in [0.1, 0.15) is 0 Å². The van der Waals surface area contributed by atoms with E-state index in [-0.39, 0.29) is 24.0 Å². The largest absolute Gasteiger partial charge is 0.356 e. The minimum Gasteiger partial charge on any atom is -0.356 e. The highest BCUT2D eigenvalue weighted by atomic mass is 127. The summed E-state index contributed by atoms with van der Waals surface area (Å²) in [4.78, 5) is 4.27. The molecule has 0 bridgehead atoms. The topological polar surface area (TPSA) is 54.2 Å². The molecule has 0 saturated heterocycles. The molecule has 6 heteroatoms. The lowest BCUT2D eigenvalue weighted by Crippen LogP contribution is -2.38. The Balaban J connectivity index is 0.00000529. The molecule has 24 heavy (non-hydrogen) atoms. The summed E-state index contributed by atoms with van der Waals surface area (Å²) in [5, 5.41) is 10.9. The van der Waals surface area contributed by atoms with Crippen molar-refractivity contribution < 1.29 is 0 Å². The molecular formula is C18H36IN5. The average Bonchev–Trinajstić information content (AvgIpc) is 2.97. The highest BCUT2D eigenvalue weighted by Crippen LogP contribution is 2.07. The van der Waals surface area contributed by atoms with E-state index in [0.29, 0.717) is 0 Å². The minimum atomic E-state index is 0. The third-order valence-corrected chi connectivity index (χ3v) is 4.01. The van der Waals surface area contributed by atoms with Crippen LogP contribution in [0.1, 0.15) is 63.9 Å². The Morgan fingerprint density at radius 1 is 1.04 bits per heavy atom. The second-order valence-corrected chi connectivity index (χ2v) is 6.17. The molecule has 0 aliphatic carbocycles. The van der Waals surface area contributed by atoms with Crippen molar-refractivity contribution in [1.82, 2.24) is 20.4 Å². The second kappa shape index (κ2) is 15.7. The Kier molecular flexibility index (Phi) is 15.2. The molecule has 5 nitrogen and oxygen atoms in total. The zero-order valence-electron chi connectivity index (χ0n) is 15.7. The zero-order chi connectivity index (χ0) is 16.8. The highest BCUT2D eigenvalue weighted by Gasteiger charge is 1.99. The van der Waals surface area contributed by atoms with E-state index in [4.69, 9.17) is 0 Å². The summed E-state index contributed by atoms with van der Waals surface area (Å²) in [6.07, 6.45) is 15.7. The fraction of sp³-hybridized carbons (Fsp3) is 0.778. The Hall–Kier alpha value is -0.790. The molecule has 0 radical (unpaired) electrons. The van der Waals surface area contributed by atoms with Crippen molar-refractivity contribution in [1.29, 1.82) is 0 Å². The first-order valence-corrected chi connectivity index (χ1v) is 9.18. The number of aryl methyl sites for hydroxylation is 1. The summed E-state index contributed by atoms with van der Waals surface area (Å²) in [6, 6.07) is 0. The van der Waals surface area contributed by atoms with E-state index in [1.807, 2.05) is 25.0 Å². The van der Waals surface area contributed by atoms with Gasteiger partial charge in [0, 0.05) is 33.4 Å². The van der Waals surface area contributed by atoms with Crippen LogP contribution in [0.5, 0.6) is 0 Å². The van der Waals surface area contributed by atoms with Crippen LogP contribution in [-0.2, 0) is 13.5 Å². The van der Waals surface area contributed by atoms with E-state index < -0.39 is 0 Å². The third-order valence-electron chi connectivity index (χ3n) is 4.01. The Morgan fingerprint density at radius 3 is 2.25 bits per heavy atom. The molecule has 140 valence electrons. The van der Waals surface area contributed by atoms with Gasteiger partial charge in [-0.05, 0) is 18.4 Å². The SMILES string of the molecule is CCCCCCCCCCNC(=NC)NCCc1cnn(C)c1.I. The van der Waals surface area contributed by atoms with Gasteiger partial charge in [-0.25, -0.2) is 0 Å². The standard InChI is InChI=1S/C18H35N5.HI/c1-4-5-6-7-8-9-10-11-13-20-18(19-2)21-14-12-17-15-22-23(3)16-17;/h15-16H,4-14H2,1-3H3,(H2,19,20,21);1H. The minimum absolute atomic E-state index is 0. The molecule has 1 aromatic heterocycles. The van der Waals surface area contributed by atoms with Crippen molar-refractivity contribution in [3.8, 4) is 0 Å². The molecule has 0 aromatic carbocycles. The Labute approximate surface area is 165 Å². The first kappa shape index (κ1) is 23.2. The summed E-state index contributed by atoms with van der Waals surface area (Å²) in [6.45, 7) is 4.15. The molecule has 0 spiro atoms. The average molecular weight is 449 g/mol. The van der Waals surface area contributed by atoms with Gasteiger partial charge in [-0.15, -0.1) is 24.0 Å². The lowest BCUT2D eigenvalue weighted by atomic mass is 10.1. The van der Waals surface area contributed by atoms with Crippen molar-refractivity contribution in [3.63, 3.8) is 0 Å². The molecule has 1 rings (SSSR count). The second-order valence-electron chi connectivity index (χ2n) is 6.17. The number of halogens is 1. The molecule has 1 heterocycles. The Morgan fingerprint density at radius 2 is 1.67 bits per heavy atom. The molecule has 0 amide bonds. The maximum atomic E-state index is 4.27. The van der Waals surface area contributed by atoms with Crippen molar-refractivity contribution in [2.24, 2.45) is 12.0 Å². The number of aromatic nitrogens is 2. The number of hydrogen-bond acceptors (Lipinski definition) is 2. The maximum absolute atomic E-state index is 4.27. The summed E-state index contributed by atoms with van der Waals surface area (Å²) in [5.41, 5.74) is 1.25. The zero-order valence-corrected chi connectivity index (χ0v) is 18.0. The van der Waals surface area contributed by atoms with Crippen LogP contribution in [0.3, 0.4) is 0 Å². The van der Waals surface area contributed by atoms with Gasteiger partial charge in [0.05, 0.1) is 6.20 Å². The van der Waals surface area contributed by atoms with E-state index in [1.54, 1.807) is 0 Å². The van der Waals surface area contributed by atoms with Crippen LogP contribution in [-0.4, -0.2) is 35.9 Å². The lowest BCUT2D eigenvalue weighted by Gasteiger charge is -2.11. The van der Waals surface area contributed by atoms with E-state index in [9.17, 15) is 0 Å². The molecule has 0 atom stereocenters. The van der Waals surface area contributed by atoms with Crippen LogP contribution in [0.4, 0.5) is 0 Å². The van der Waals surface area contributed by atoms with Gasteiger partial charge >= 0.3 is 0 Å². The highest BCUT2D eigenvalue weighted by molar-refractivity contribution is 14.0. The summed E-state index contributed by atoms with van der Waals surface area (Å²) in [7, 11) is 3.77. The number of nitrogens with one attached hydrogen (secondary N) is 2. The van der Waals surface area contributed by atoms with Crippen LogP contribution in [0.2, 0.25) is 0 Å². The van der Waals surface area contributed by atoms with Crippen molar-refractivity contribution in [3.05, 3.63) is 18.0 Å². The van der Waals surface area contributed by atoms with Gasteiger partial charge in [0.25, 0.3) is 0 Å². The summed E-state index contributed by atoms with van der Waals surface area (Å²) in [5.74, 6) is 0.900. The molecule has 0 unspecified atom stereocenters. The monoisotopic (exact) mass is 449 g/mol. The predicted octanol–water partition coefficient (Wildman–Crippen LogP) is 3.89. The van der Waals surface area contributed by atoms with Crippen molar-refractivity contribution in [2.45, 2.75) is 64.7 Å². The molecule has 2 N–H and O–H groups in total. The first-order valence-electron chi connectivity index (χ1n) is 9.18. The maximum Gasteiger partial charge on any atom is 0.190 e. The Bertz CT molecular complexity index is 431. The van der Waals surface area contributed by atoms with Gasteiger partial charge in [-0.1, -0.05) is 51.9 Å². The fourth-order valence-corrected chi connectivity index (χ4v) is 2.61. The van der Waals surface area contributed by atoms with Gasteiger partial charge in [0.2, 0.25) is 0 Å². The normalized spacial score (nSPS) is 11.2. The number of hydrogen-bond donors (Lipinski definition) is 2. The quantitative estimate of drug-likeness (QED) is 0.220. The van der Waals surface area contributed by atoms with Gasteiger partial charge in [0.15, 0.2) is 5.96 Å². The van der Waals surface area contributed by atoms with Crippen molar-refractivity contribution >= 4 is 29.9 Å². The molecule has 1 aromatic rings. The van der Waals surface area contributed by atoms with Crippen LogP contribution < -0.4 is 10.6 Å². The van der Waals surface area contributed by atoms with Crippen LogP contribution in [0.25, 0.3) is 0 Å². The molecule has 0 saturated carbocycles. The number of unbranched alkanes of at least 4 members (excludes halogenated alkanes) is 7. The van der Waals surface area contributed by atoms with Crippen LogP contribution in [0, 0.1) is 0 Å².